The third kappa shape index (κ3) is 4.79. The highest BCUT2D eigenvalue weighted by atomic mass is 32.2. The maximum Gasteiger partial charge on any atom is 0.233 e. The van der Waals surface area contributed by atoms with Gasteiger partial charge in [0.15, 0.2) is 5.16 Å². The van der Waals surface area contributed by atoms with E-state index in [1.165, 1.54) is 11.8 Å². The van der Waals surface area contributed by atoms with Gasteiger partial charge in [-0.05, 0) is 34.2 Å². The maximum atomic E-state index is 12.2. The van der Waals surface area contributed by atoms with Crippen LogP contribution in [0.2, 0.25) is 0 Å². The van der Waals surface area contributed by atoms with Crippen molar-refractivity contribution in [1.29, 1.82) is 0 Å². The number of hydrogen-bond donors (Lipinski definition) is 2. The Bertz CT molecular complexity index is 452. The van der Waals surface area contributed by atoms with Gasteiger partial charge in [-0.1, -0.05) is 18.7 Å². The first-order valence-electron chi connectivity index (χ1n) is 6.80. The van der Waals surface area contributed by atoms with Crippen LogP contribution in [-0.4, -0.2) is 38.5 Å². The number of carbonyl (C=O) groups excluding carboxylic acids is 1. The second-order valence-corrected chi connectivity index (χ2v) is 6.91. The molecule has 0 saturated carbocycles. The average Bonchev–Trinajstić information content (AvgIpc) is 2.66. The third-order valence-electron chi connectivity index (χ3n) is 2.67. The Labute approximate surface area is 125 Å². The second-order valence-electron chi connectivity index (χ2n) is 5.74. The fourth-order valence-electron chi connectivity index (χ4n) is 1.66. The van der Waals surface area contributed by atoms with Crippen molar-refractivity contribution in [3.05, 3.63) is 5.82 Å². The molecule has 0 aliphatic carbocycles. The first-order valence-corrected chi connectivity index (χ1v) is 7.68. The molecule has 0 aliphatic heterocycles. The number of rotatable bonds is 6. The second kappa shape index (κ2) is 7.08. The van der Waals surface area contributed by atoms with E-state index in [-0.39, 0.29) is 16.7 Å². The molecule has 1 heterocycles. The van der Waals surface area contributed by atoms with Crippen molar-refractivity contribution in [1.82, 2.24) is 25.4 Å². The van der Waals surface area contributed by atoms with E-state index in [1.54, 1.807) is 0 Å². The molecule has 0 radical (unpaired) electrons. The van der Waals surface area contributed by atoms with Gasteiger partial charge in [0.25, 0.3) is 0 Å². The lowest BCUT2D eigenvalue weighted by atomic mass is 10.1. The molecule has 20 heavy (non-hydrogen) atoms. The van der Waals surface area contributed by atoms with Crippen molar-refractivity contribution >= 4 is 17.7 Å². The highest BCUT2D eigenvalue weighted by Gasteiger charge is 2.24. The third-order valence-corrected chi connectivity index (χ3v) is 4.07. The van der Waals surface area contributed by atoms with Gasteiger partial charge in [-0.2, -0.15) is 0 Å². The lowest BCUT2D eigenvalue weighted by Gasteiger charge is -2.23. The molecular weight excluding hydrogens is 274 g/mol. The minimum absolute atomic E-state index is 0.0446. The maximum absolute atomic E-state index is 12.2. The summed E-state index contributed by atoms with van der Waals surface area (Å²) in [5.74, 6) is 0.907. The summed E-state index contributed by atoms with van der Waals surface area (Å²) in [6, 6.07) is 0. The summed E-state index contributed by atoms with van der Waals surface area (Å²) in [5, 5.41) is 15.0. The van der Waals surface area contributed by atoms with Gasteiger partial charge in [-0.15, -0.1) is 10.2 Å². The number of nitrogens with one attached hydrogen (secondary N) is 2. The Balaban J connectivity index is 2.76. The molecule has 1 unspecified atom stereocenters. The van der Waals surface area contributed by atoms with Gasteiger partial charge in [-0.3, -0.25) is 4.79 Å². The summed E-state index contributed by atoms with van der Waals surface area (Å²) in [6.07, 6.45) is 0.751. The van der Waals surface area contributed by atoms with Gasteiger partial charge in [0.2, 0.25) is 5.91 Å². The highest BCUT2D eigenvalue weighted by molar-refractivity contribution is 8.00. The van der Waals surface area contributed by atoms with E-state index in [4.69, 9.17) is 0 Å². The van der Waals surface area contributed by atoms with Gasteiger partial charge in [0.05, 0.1) is 11.8 Å². The van der Waals surface area contributed by atoms with E-state index < -0.39 is 0 Å². The van der Waals surface area contributed by atoms with Crippen LogP contribution >= 0.6 is 11.8 Å². The SMILES string of the molecule is CCC(Sc1nnc(CNC)n1C)C(=O)NC(C)(C)C. The molecule has 2 N–H and O–H groups in total. The van der Waals surface area contributed by atoms with E-state index in [0.717, 1.165) is 17.4 Å². The summed E-state index contributed by atoms with van der Waals surface area (Å²) < 4.78 is 1.92. The molecule has 1 rings (SSSR count). The van der Waals surface area contributed by atoms with Crippen molar-refractivity contribution in [3.8, 4) is 0 Å². The first-order chi connectivity index (χ1) is 9.28. The Morgan fingerprint density at radius 1 is 1.40 bits per heavy atom. The van der Waals surface area contributed by atoms with Crippen LogP contribution in [0, 0.1) is 0 Å². The summed E-state index contributed by atoms with van der Waals surface area (Å²) >= 11 is 1.46. The summed E-state index contributed by atoms with van der Waals surface area (Å²) in [5.41, 5.74) is -0.220. The Hall–Kier alpha value is -1.08. The van der Waals surface area contributed by atoms with Gasteiger partial charge < -0.3 is 15.2 Å². The largest absolute Gasteiger partial charge is 0.351 e. The number of hydrogen-bond acceptors (Lipinski definition) is 5. The van der Waals surface area contributed by atoms with E-state index >= 15 is 0 Å². The average molecular weight is 299 g/mol. The molecule has 6 nitrogen and oxygen atoms in total. The Kier molecular flexibility index (Phi) is 6.01. The zero-order valence-corrected chi connectivity index (χ0v) is 14.0. The standard InChI is InChI=1S/C13H25N5OS/c1-7-9(11(19)15-13(2,3)4)20-12-17-16-10(8-14-5)18(12)6/h9,14H,7-8H2,1-6H3,(H,15,19). The fraction of sp³-hybridized carbons (Fsp3) is 0.769. The topological polar surface area (TPSA) is 71.8 Å². The Morgan fingerprint density at radius 2 is 2.05 bits per heavy atom. The molecule has 1 aromatic rings. The zero-order valence-electron chi connectivity index (χ0n) is 13.1. The highest BCUT2D eigenvalue weighted by Crippen LogP contribution is 2.24. The van der Waals surface area contributed by atoms with E-state index in [2.05, 4.69) is 20.8 Å². The summed E-state index contributed by atoms with van der Waals surface area (Å²) in [7, 11) is 3.79. The molecular formula is C13H25N5OS. The predicted octanol–water partition coefficient (Wildman–Crippen LogP) is 1.32. The Morgan fingerprint density at radius 3 is 2.55 bits per heavy atom. The lowest BCUT2D eigenvalue weighted by molar-refractivity contribution is -0.122. The van der Waals surface area contributed by atoms with Crippen molar-refractivity contribution in [2.24, 2.45) is 7.05 Å². The normalized spacial score (nSPS) is 13.3. The minimum Gasteiger partial charge on any atom is -0.351 e. The van der Waals surface area contributed by atoms with Crippen LogP contribution in [0.4, 0.5) is 0 Å². The number of thioether (sulfide) groups is 1. The van der Waals surface area contributed by atoms with Gasteiger partial charge in [0, 0.05) is 12.6 Å². The molecule has 1 aromatic heterocycles. The first kappa shape index (κ1) is 17.0. The van der Waals surface area contributed by atoms with Gasteiger partial charge in [0.1, 0.15) is 5.82 Å². The zero-order chi connectivity index (χ0) is 15.3. The van der Waals surface area contributed by atoms with Crippen LogP contribution in [0.25, 0.3) is 0 Å². The van der Waals surface area contributed by atoms with Crippen molar-refractivity contribution in [2.75, 3.05) is 7.05 Å². The molecule has 7 heteroatoms. The number of carbonyl (C=O) groups is 1. The van der Waals surface area contributed by atoms with Crippen LogP contribution < -0.4 is 10.6 Å². The van der Waals surface area contributed by atoms with E-state index in [9.17, 15) is 4.79 Å². The van der Waals surface area contributed by atoms with Crippen LogP contribution in [0.5, 0.6) is 0 Å². The van der Waals surface area contributed by atoms with Crippen molar-refractivity contribution < 1.29 is 4.79 Å². The van der Waals surface area contributed by atoms with E-state index in [1.807, 2.05) is 46.4 Å². The van der Waals surface area contributed by atoms with Gasteiger partial charge in [-0.25, -0.2) is 0 Å². The number of aromatic nitrogens is 3. The molecule has 0 aromatic carbocycles. The fourth-order valence-corrected chi connectivity index (χ4v) is 2.60. The van der Waals surface area contributed by atoms with Crippen LogP contribution in [-0.2, 0) is 18.4 Å². The summed E-state index contributed by atoms with van der Waals surface area (Å²) in [6.45, 7) is 8.61. The smallest absolute Gasteiger partial charge is 0.233 e. The molecule has 0 bridgehead atoms. The monoisotopic (exact) mass is 299 g/mol. The molecule has 114 valence electrons. The van der Waals surface area contributed by atoms with Crippen LogP contribution in [0.1, 0.15) is 39.9 Å². The summed E-state index contributed by atoms with van der Waals surface area (Å²) in [4.78, 5) is 12.2. The molecule has 0 spiro atoms. The van der Waals surface area contributed by atoms with E-state index in [0.29, 0.717) is 6.54 Å². The lowest BCUT2D eigenvalue weighted by Crippen LogP contribution is -2.44. The quantitative estimate of drug-likeness (QED) is 0.775. The molecule has 0 fully saturated rings. The molecule has 0 aliphatic rings. The molecule has 0 saturated heterocycles. The van der Waals surface area contributed by atoms with Crippen molar-refractivity contribution in [3.63, 3.8) is 0 Å². The van der Waals surface area contributed by atoms with Crippen LogP contribution in [0.15, 0.2) is 5.16 Å². The molecule has 1 amide bonds. The van der Waals surface area contributed by atoms with Crippen molar-refractivity contribution in [2.45, 2.75) is 56.6 Å². The number of nitrogens with zero attached hydrogens (tertiary/aromatic N) is 3. The van der Waals surface area contributed by atoms with Crippen LogP contribution in [0.3, 0.4) is 0 Å². The minimum atomic E-state index is -0.220. The van der Waals surface area contributed by atoms with Gasteiger partial charge >= 0.3 is 0 Å². The molecule has 1 atom stereocenters. The predicted molar refractivity (Wildman–Crippen MR) is 81.6 cm³/mol. The number of amides is 1.